The summed E-state index contributed by atoms with van der Waals surface area (Å²) in [5, 5.41) is 0.512. The first kappa shape index (κ1) is 13.7. The number of H-pyrrole nitrogens is 1. The third-order valence-electron chi connectivity index (χ3n) is 2.88. The van der Waals surface area contributed by atoms with Gasteiger partial charge in [-0.3, -0.25) is 4.79 Å². The molecule has 6 heteroatoms. The van der Waals surface area contributed by atoms with Gasteiger partial charge in [-0.1, -0.05) is 12.1 Å². The first-order valence-corrected chi connectivity index (χ1v) is 7.57. The molecule has 1 aromatic heterocycles. The minimum Gasteiger partial charge on any atom is -0.306 e. The lowest BCUT2D eigenvalue weighted by Crippen LogP contribution is -2.09. The maximum absolute atomic E-state index is 13.7. The second-order valence-corrected chi connectivity index (χ2v) is 6.19. The zero-order chi connectivity index (χ0) is 14.3. The first-order chi connectivity index (χ1) is 9.56. The summed E-state index contributed by atoms with van der Waals surface area (Å²) < 4.78 is 14.9. The van der Waals surface area contributed by atoms with Crippen LogP contribution < -0.4 is 5.56 Å². The van der Waals surface area contributed by atoms with Crippen molar-refractivity contribution in [1.29, 1.82) is 0 Å². The van der Waals surface area contributed by atoms with Crippen LogP contribution in [0.1, 0.15) is 0 Å². The van der Waals surface area contributed by atoms with Gasteiger partial charge in [0.1, 0.15) is 11.6 Å². The minimum atomic E-state index is -0.348. The van der Waals surface area contributed by atoms with E-state index in [4.69, 9.17) is 0 Å². The molecule has 0 unspecified atom stereocenters. The number of hydrogen-bond donors (Lipinski definition) is 1. The summed E-state index contributed by atoms with van der Waals surface area (Å²) in [7, 11) is 0. The van der Waals surface area contributed by atoms with Gasteiger partial charge in [-0.15, -0.1) is 0 Å². The van der Waals surface area contributed by atoms with Gasteiger partial charge in [0, 0.05) is 13.6 Å². The fourth-order valence-corrected chi connectivity index (χ4v) is 3.34. The van der Waals surface area contributed by atoms with Crippen LogP contribution >= 0.6 is 38.5 Å². The van der Waals surface area contributed by atoms with Crippen LogP contribution in [0.5, 0.6) is 0 Å². The zero-order valence-corrected chi connectivity index (χ0v) is 13.7. The smallest absolute Gasteiger partial charge is 0.259 e. The number of rotatable bonds is 1. The molecule has 3 nitrogen and oxygen atoms in total. The van der Waals surface area contributed by atoms with Gasteiger partial charge < -0.3 is 4.98 Å². The normalized spacial score (nSPS) is 10.9. The molecule has 1 N–H and O–H groups in total. The number of nitrogens with zero attached hydrogens (tertiary/aromatic N) is 1. The molecule has 1 heterocycles. The molecule has 0 bridgehead atoms. The van der Waals surface area contributed by atoms with E-state index in [2.05, 4.69) is 25.9 Å². The van der Waals surface area contributed by atoms with E-state index in [1.165, 1.54) is 6.07 Å². The van der Waals surface area contributed by atoms with Crippen LogP contribution in [0.4, 0.5) is 4.39 Å². The van der Waals surface area contributed by atoms with Crippen molar-refractivity contribution in [3.63, 3.8) is 0 Å². The maximum Gasteiger partial charge on any atom is 0.259 e. The van der Waals surface area contributed by atoms with Crippen molar-refractivity contribution in [3.05, 3.63) is 60.6 Å². The van der Waals surface area contributed by atoms with Crippen molar-refractivity contribution >= 4 is 49.4 Å². The summed E-state index contributed by atoms with van der Waals surface area (Å²) in [4.78, 5) is 19.1. The van der Waals surface area contributed by atoms with Crippen molar-refractivity contribution in [2.75, 3.05) is 0 Å². The molecule has 0 saturated carbocycles. The molecule has 0 aliphatic carbocycles. The molecule has 20 heavy (non-hydrogen) atoms. The molecule has 100 valence electrons. The van der Waals surface area contributed by atoms with Crippen molar-refractivity contribution in [2.24, 2.45) is 0 Å². The standard InChI is InChI=1S/C14H7BrFIN2O/c15-9-6-11(17)10(16)5-8(9)13-18-12-4-2-1-3-7(12)14(20)19-13/h1-6H,(H,18,19,20). The number of hydrogen-bond acceptors (Lipinski definition) is 2. The maximum atomic E-state index is 13.7. The summed E-state index contributed by atoms with van der Waals surface area (Å²) in [6.45, 7) is 0. The lowest BCUT2D eigenvalue weighted by Gasteiger charge is -2.06. The molecular weight excluding hydrogens is 438 g/mol. The summed E-state index contributed by atoms with van der Waals surface area (Å²) in [5.74, 6) is -0.00418. The Balaban J connectivity index is 2.30. The van der Waals surface area contributed by atoms with E-state index in [9.17, 15) is 9.18 Å². The molecule has 0 spiro atoms. The third-order valence-corrected chi connectivity index (χ3v) is 4.36. The predicted octanol–water partition coefficient (Wildman–Crippen LogP) is 4.10. The lowest BCUT2D eigenvalue weighted by molar-refractivity contribution is 0.620. The number of fused-ring (bicyclic) bond motifs is 1. The molecule has 0 radical (unpaired) electrons. The van der Waals surface area contributed by atoms with Crippen LogP contribution in [-0.4, -0.2) is 9.97 Å². The molecule has 0 saturated heterocycles. The topological polar surface area (TPSA) is 45.8 Å². The van der Waals surface area contributed by atoms with Crippen molar-refractivity contribution in [2.45, 2.75) is 0 Å². The van der Waals surface area contributed by atoms with Crippen molar-refractivity contribution in [1.82, 2.24) is 9.97 Å². The number of benzene rings is 2. The summed E-state index contributed by atoms with van der Waals surface area (Å²) in [6, 6.07) is 10.1. The van der Waals surface area contributed by atoms with Gasteiger partial charge in [0.05, 0.1) is 10.9 Å². The van der Waals surface area contributed by atoms with E-state index in [1.807, 2.05) is 28.7 Å². The largest absolute Gasteiger partial charge is 0.306 e. The molecule has 0 fully saturated rings. The van der Waals surface area contributed by atoms with Crippen molar-refractivity contribution in [3.8, 4) is 11.4 Å². The summed E-state index contributed by atoms with van der Waals surface area (Å²) in [6.07, 6.45) is 0. The van der Waals surface area contributed by atoms with Crippen LogP contribution in [0.25, 0.3) is 22.3 Å². The Labute approximate surface area is 135 Å². The summed E-state index contributed by atoms with van der Waals surface area (Å²) in [5.41, 5.74) is 0.860. The van der Waals surface area contributed by atoms with Gasteiger partial charge in [0.25, 0.3) is 5.56 Å². The highest BCUT2D eigenvalue weighted by molar-refractivity contribution is 14.1. The zero-order valence-electron chi connectivity index (χ0n) is 9.95. The highest BCUT2D eigenvalue weighted by Gasteiger charge is 2.12. The molecule has 2 aromatic carbocycles. The quantitative estimate of drug-likeness (QED) is 0.453. The highest BCUT2D eigenvalue weighted by atomic mass is 127. The molecule has 0 amide bonds. The average molecular weight is 445 g/mol. The van der Waals surface area contributed by atoms with Gasteiger partial charge in [-0.25, -0.2) is 9.37 Å². The Bertz CT molecular complexity index is 879. The minimum absolute atomic E-state index is 0.239. The second kappa shape index (κ2) is 5.25. The van der Waals surface area contributed by atoms with E-state index < -0.39 is 0 Å². The Kier molecular flexibility index (Phi) is 3.59. The van der Waals surface area contributed by atoms with Gasteiger partial charge in [0.15, 0.2) is 0 Å². The van der Waals surface area contributed by atoms with E-state index in [0.29, 0.717) is 30.3 Å². The Morgan fingerprint density at radius 3 is 2.80 bits per heavy atom. The average Bonchev–Trinajstić information content (AvgIpc) is 2.43. The van der Waals surface area contributed by atoms with Crippen molar-refractivity contribution < 1.29 is 4.39 Å². The number of aromatic nitrogens is 2. The monoisotopic (exact) mass is 444 g/mol. The van der Waals surface area contributed by atoms with Crippen LogP contribution in [0.15, 0.2) is 45.7 Å². The molecule has 0 aliphatic heterocycles. The Morgan fingerprint density at radius 2 is 2.00 bits per heavy atom. The van der Waals surface area contributed by atoms with Gasteiger partial charge in [-0.05, 0) is 62.8 Å². The molecule has 0 aliphatic rings. The first-order valence-electron chi connectivity index (χ1n) is 5.70. The van der Waals surface area contributed by atoms with Gasteiger partial charge in [0.2, 0.25) is 0 Å². The summed E-state index contributed by atoms with van der Waals surface area (Å²) >= 11 is 5.28. The highest BCUT2D eigenvalue weighted by Crippen LogP contribution is 2.29. The third kappa shape index (κ3) is 2.37. The number of halogens is 3. The van der Waals surface area contributed by atoms with E-state index >= 15 is 0 Å². The molecular formula is C14H7BrFIN2O. The van der Waals surface area contributed by atoms with E-state index in [0.717, 1.165) is 0 Å². The number of aromatic amines is 1. The number of nitrogens with one attached hydrogen (secondary N) is 1. The van der Waals surface area contributed by atoms with Gasteiger partial charge >= 0.3 is 0 Å². The Morgan fingerprint density at radius 1 is 1.25 bits per heavy atom. The lowest BCUT2D eigenvalue weighted by atomic mass is 10.2. The number of para-hydroxylation sites is 1. The fraction of sp³-hybridized carbons (Fsp3) is 0. The SMILES string of the molecule is O=c1[nH]c(-c2cc(F)c(I)cc2Br)nc2ccccc12. The van der Waals surface area contributed by atoms with Crippen LogP contribution in [0.2, 0.25) is 0 Å². The molecule has 3 rings (SSSR count). The van der Waals surface area contributed by atoms with Crippen LogP contribution in [-0.2, 0) is 0 Å². The molecule has 0 atom stereocenters. The van der Waals surface area contributed by atoms with Crippen LogP contribution in [0, 0.1) is 9.39 Å². The predicted molar refractivity (Wildman–Crippen MR) is 88.2 cm³/mol. The van der Waals surface area contributed by atoms with E-state index in [-0.39, 0.29) is 11.4 Å². The second-order valence-electron chi connectivity index (χ2n) is 4.18. The van der Waals surface area contributed by atoms with Crippen LogP contribution in [0.3, 0.4) is 0 Å². The Hall–Kier alpha value is -1.28. The van der Waals surface area contributed by atoms with E-state index in [1.54, 1.807) is 24.3 Å². The fourth-order valence-electron chi connectivity index (χ4n) is 1.92. The molecule has 3 aromatic rings. The van der Waals surface area contributed by atoms with Gasteiger partial charge in [-0.2, -0.15) is 0 Å².